The summed E-state index contributed by atoms with van der Waals surface area (Å²) in [6, 6.07) is 6.09. The Bertz CT molecular complexity index is 509. The first-order chi connectivity index (χ1) is 8.49. The van der Waals surface area contributed by atoms with Gasteiger partial charge in [0, 0.05) is 5.69 Å². The number of imide groups is 1. The van der Waals surface area contributed by atoms with Crippen LogP contribution in [0.1, 0.15) is 18.4 Å². The number of urea groups is 1. The Balaban J connectivity index is 2.20. The van der Waals surface area contributed by atoms with Crippen molar-refractivity contribution in [2.75, 3.05) is 11.4 Å². The smallest absolute Gasteiger partial charge is 0.329 e. The van der Waals surface area contributed by atoms with Gasteiger partial charge in [0.05, 0.1) is 5.92 Å². The molecule has 1 fully saturated rings. The lowest BCUT2D eigenvalue weighted by Gasteiger charge is -2.14. The van der Waals surface area contributed by atoms with Crippen molar-refractivity contribution in [3.05, 3.63) is 29.8 Å². The maximum Gasteiger partial charge on any atom is 0.329 e. The Kier molecular flexibility index (Phi) is 3.01. The maximum absolute atomic E-state index is 11.4. The number of carboxylic acids is 1. The number of amides is 3. The number of carbonyl (C=O) groups is 3. The molecule has 6 nitrogen and oxygen atoms in total. The lowest BCUT2D eigenvalue weighted by Crippen LogP contribution is -2.27. The van der Waals surface area contributed by atoms with Crippen LogP contribution in [0.5, 0.6) is 0 Å². The highest BCUT2D eigenvalue weighted by Gasteiger charge is 2.27. The van der Waals surface area contributed by atoms with E-state index in [4.69, 9.17) is 5.11 Å². The minimum atomic E-state index is -0.906. The number of benzene rings is 1. The second-order valence-corrected chi connectivity index (χ2v) is 4.09. The molecule has 3 amide bonds. The summed E-state index contributed by atoms with van der Waals surface area (Å²) in [6.45, 7) is 1.58. The monoisotopic (exact) mass is 248 g/mol. The van der Waals surface area contributed by atoms with Crippen LogP contribution in [0.3, 0.4) is 0 Å². The van der Waals surface area contributed by atoms with Crippen LogP contribution in [-0.2, 0) is 9.59 Å². The summed E-state index contributed by atoms with van der Waals surface area (Å²) in [6.07, 6.45) is 0. The van der Waals surface area contributed by atoms with Crippen LogP contribution in [0.2, 0.25) is 0 Å². The van der Waals surface area contributed by atoms with E-state index in [9.17, 15) is 14.4 Å². The first-order valence-corrected chi connectivity index (χ1v) is 5.43. The zero-order valence-electron chi connectivity index (χ0n) is 9.71. The minimum Gasteiger partial charge on any atom is -0.481 e. The fourth-order valence-electron chi connectivity index (χ4n) is 1.74. The van der Waals surface area contributed by atoms with Crippen LogP contribution in [0.15, 0.2) is 24.3 Å². The number of hydrogen-bond acceptors (Lipinski definition) is 3. The third-order valence-electron chi connectivity index (χ3n) is 2.87. The number of nitrogens with one attached hydrogen (secondary N) is 1. The van der Waals surface area contributed by atoms with Crippen molar-refractivity contribution in [3.63, 3.8) is 0 Å². The molecule has 0 bridgehead atoms. The summed E-state index contributed by atoms with van der Waals surface area (Å²) in [5.74, 6) is -1.85. The topological polar surface area (TPSA) is 86.7 Å². The molecule has 1 heterocycles. The lowest BCUT2D eigenvalue weighted by atomic mass is 10.0. The summed E-state index contributed by atoms with van der Waals surface area (Å²) in [7, 11) is 0. The van der Waals surface area contributed by atoms with E-state index in [1.807, 2.05) is 0 Å². The van der Waals surface area contributed by atoms with Crippen LogP contribution < -0.4 is 10.2 Å². The summed E-state index contributed by atoms with van der Waals surface area (Å²) >= 11 is 0. The molecule has 94 valence electrons. The minimum absolute atomic E-state index is 0.00728. The number of hydrogen-bond donors (Lipinski definition) is 2. The molecule has 0 radical (unpaired) electrons. The van der Waals surface area contributed by atoms with Crippen molar-refractivity contribution in [1.82, 2.24) is 5.32 Å². The van der Waals surface area contributed by atoms with E-state index >= 15 is 0 Å². The van der Waals surface area contributed by atoms with E-state index in [-0.39, 0.29) is 12.5 Å². The highest BCUT2D eigenvalue weighted by atomic mass is 16.4. The molecule has 2 N–H and O–H groups in total. The third kappa shape index (κ3) is 2.17. The zero-order valence-corrected chi connectivity index (χ0v) is 9.71. The molecule has 0 spiro atoms. The standard InChI is InChI=1S/C12H12N2O4/c1-7(11(16)17)8-2-4-9(5-3-8)14-6-10(15)13-12(14)18/h2-5,7H,6H2,1H3,(H,16,17)(H,13,15,18). The van der Waals surface area contributed by atoms with Crippen molar-refractivity contribution in [1.29, 1.82) is 0 Å². The van der Waals surface area contributed by atoms with Gasteiger partial charge >= 0.3 is 12.0 Å². The van der Waals surface area contributed by atoms with Crippen molar-refractivity contribution < 1.29 is 19.5 Å². The SMILES string of the molecule is CC(C(=O)O)c1ccc(N2CC(=O)NC2=O)cc1. The molecule has 1 atom stereocenters. The Morgan fingerprint density at radius 1 is 1.33 bits per heavy atom. The maximum atomic E-state index is 11.4. The molecule has 1 aromatic carbocycles. The Morgan fingerprint density at radius 2 is 1.94 bits per heavy atom. The van der Waals surface area contributed by atoms with E-state index in [2.05, 4.69) is 5.32 Å². The van der Waals surface area contributed by atoms with Crippen molar-refractivity contribution in [2.45, 2.75) is 12.8 Å². The van der Waals surface area contributed by atoms with Crippen LogP contribution in [-0.4, -0.2) is 29.6 Å². The number of aliphatic carboxylic acids is 1. The molecular formula is C12H12N2O4. The molecule has 2 rings (SSSR count). The molecule has 1 unspecified atom stereocenters. The highest BCUT2D eigenvalue weighted by Crippen LogP contribution is 2.21. The Labute approximate surface area is 103 Å². The molecule has 0 aliphatic carbocycles. The van der Waals surface area contributed by atoms with Crippen LogP contribution >= 0.6 is 0 Å². The average molecular weight is 248 g/mol. The lowest BCUT2D eigenvalue weighted by molar-refractivity contribution is -0.138. The molecule has 1 aliphatic rings. The van der Waals surface area contributed by atoms with Crippen molar-refractivity contribution >= 4 is 23.6 Å². The fraction of sp³-hybridized carbons (Fsp3) is 0.250. The van der Waals surface area contributed by atoms with Gasteiger partial charge in [-0.15, -0.1) is 0 Å². The Morgan fingerprint density at radius 3 is 2.39 bits per heavy atom. The van der Waals surface area contributed by atoms with Gasteiger partial charge in [0.1, 0.15) is 6.54 Å². The molecule has 1 aromatic rings. The van der Waals surface area contributed by atoms with E-state index in [1.54, 1.807) is 31.2 Å². The molecule has 1 aliphatic heterocycles. The molecule has 0 aromatic heterocycles. The molecule has 1 saturated heterocycles. The molecule has 6 heteroatoms. The summed E-state index contributed by atoms with van der Waals surface area (Å²) in [5.41, 5.74) is 1.22. The summed E-state index contributed by atoms with van der Waals surface area (Å²) < 4.78 is 0. The third-order valence-corrected chi connectivity index (χ3v) is 2.87. The number of rotatable bonds is 3. The first-order valence-electron chi connectivity index (χ1n) is 5.43. The average Bonchev–Trinajstić information content (AvgIpc) is 2.67. The van der Waals surface area contributed by atoms with Gasteiger partial charge in [-0.2, -0.15) is 0 Å². The van der Waals surface area contributed by atoms with Crippen LogP contribution in [0.25, 0.3) is 0 Å². The summed E-state index contributed by atoms with van der Waals surface area (Å²) in [5, 5.41) is 11.0. The number of nitrogens with zero attached hydrogens (tertiary/aromatic N) is 1. The van der Waals surface area contributed by atoms with Gasteiger partial charge in [-0.1, -0.05) is 12.1 Å². The van der Waals surface area contributed by atoms with Crippen LogP contribution in [0, 0.1) is 0 Å². The fourth-order valence-corrected chi connectivity index (χ4v) is 1.74. The predicted molar refractivity (Wildman–Crippen MR) is 63.4 cm³/mol. The van der Waals surface area contributed by atoms with Gasteiger partial charge in [0.15, 0.2) is 0 Å². The van der Waals surface area contributed by atoms with Gasteiger partial charge in [0.2, 0.25) is 5.91 Å². The predicted octanol–water partition coefficient (Wildman–Crippen LogP) is 0.931. The second-order valence-electron chi connectivity index (χ2n) is 4.09. The van der Waals surface area contributed by atoms with E-state index < -0.39 is 17.9 Å². The van der Waals surface area contributed by atoms with Gasteiger partial charge in [-0.3, -0.25) is 19.8 Å². The summed E-state index contributed by atoms with van der Waals surface area (Å²) in [4.78, 5) is 34.6. The van der Waals surface area contributed by atoms with Crippen molar-refractivity contribution in [3.8, 4) is 0 Å². The molecule has 0 saturated carbocycles. The van der Waals surface area contributed by atoms with E-state index in [1.165, 1.54) is 4.90 Å². The first kappa shape index (κ1) is 12.1. The van der Waals surface area contributed by atoms with E-state index in [0.29, 0.717) is 11.3 Å². The zero-order chi connectivity index (χ0) is 13.3. The van der Waals surface area contributed by atoms with Gasteiger partial charge in [-0.25, -0.2) is 4.79 Å². The Hall–Kier alpha value is -2.37. The van der Waals surface area contributed by atoms with Crippen molar-refractivity contribution in [2.24, 2.45) is 0 Å². The largest absolute Gasteiger partial charge is 0.481 e. The highest BCUT2D eigenvalue weighted by molar-refractivity contribution is 6.12. The van der Waals surface area contributed by atoms with Gasteiger partial charge < -0.3 is 5.11 Å². The number of carbonyl (C=O) groups excluding carboxylic acids is 2. The molecule has 18 heavy (non-hydrogen) atoms. The second kappa shape index (κ2) is 4.48. The quantitative estimate of drug-likeness (QED) is 0.779. The molecular weight excluding hydrogens is 236 g/mol. The van der Waals surface area contributed by atoms with E-state index in [0.717, 1.165) is 0 Å². The normalized spacial score (nSPS) is 16.6. The number of anilines is 1. The number of carboxylic acid groups (broad SMARTS) is 1. The van der Waals surface area contributed by atoms with Crippen LogP contribution in [0.4, 0.5) is 10.5 Å². The van der Waals surface area contributed by atoms with Gasteiger partial charge in [-0.05, 0) is 24.6 Å². The van der Waals surface area contributed by atoms with Gasteiger partial charge in [0.25, 0.3) is 0 Å².